The van der Waals surface area contributed by atoms with Crippen LogP contribution in [-0.2, 0) is 11.2 Å². The first-order chi connectivity index (χ1) is 8.71. The average Bonchev–Trinajstić information content (AvgIpc) is 2.38. The van der Waals surface area contributed by atoms with E-state index in [0.29, 0.717) is 11.5 Å². The summed E-state index contributed by atoms with van der Waals surface area (Å²) in [5.41, 5.74) is 1.06. The molecule has 0 aromatic heterocycles. The zero-order valence-corrected chi connectivity index (χ0v) is 11.3. The number of thioether (sulfide) groups is 1. The molecule has 18 heavy (non-hydrogen) atoms. The second-order valence-corrected chi connectivity index (χ2v) is 4.18. The molecule has 0 aliphatic heterocycles. The normalized spacial score (nSPS) is 10.3. The molecule has 0 bridgehead atoms. The molecule has 0 N–H and O–H groups in total. The first-order valence-corrected chi connectivity index (χ1v) is 6.69. The monoisotopic (exact) mass is 264 g/mol. The van der Waals surface area contributed by atoms with Crippen LogP contribution in [0.4, 0.5) is 0 Å². The van der Waals surface area contributed by atoms with Crippen LogP contribution < -0.4 is 9.47 Å². The van der Waals surface area contributed by atoms with Gasteiger partial charge in [-0.1, -0.05) is 12.1 Å². The third-order valence-electron chi connectivity index (χ3n) is 2.16. The minimum Gasteiger partial charge on any atom is -0.493 e. The summed E-state index contributed by atoms with van der Waals surface area (Å²) >= 11 is 1.44. The van der Waals surface area contributed by atoms with E-state index in [2.05, 4.69) is 6.58 Å². The lowest BCUT2D eigenvalue weighted by molar-refractivity contribution is -0.129. The van der Waals surface area contributed by atoms with Gasteiger partial charge in [-0.2, -0.15) is 0 Å². The quantitative estimate of drug-likeness (QED) is 0.342. The number of benzene rings is 1. The van der Waals surface area contributed by atoms with Crippen LogP contribution in [0, 0.1) is 0 Å². The third kappa shape index (κ3) is 4.30. The van der Waals surface area contributed by atoms with Gasteiger partial charge in [-0.15, -0.1) is 18.3 Å². The van der Waals surface area contributed by atoms with Crippen LogP contribution in [0.1, 0.15) is 5.56 Å². The van der Waals surface area contributed by atoms with Gasteiger partial charge in [0.2, 0.25) is 0 Å². The Hall–Kier alpha value is -1.68. The predicted octanol–water partition coefficient (Wildman–Crippen LogP) is 3.21. The summed E-state index contributed by atoms with van der Waals surface area (Å²) in [5.74, 6) is 0.542. The van der Waals surface area contributed by atoms with Gasteiger partial charge in [0.25, 0.3) is 0 Å². The summed E-state index contributed by atoms with van der Waals surface area (Å²) in [6, 6.07) is 5.44. The number of methoxy groups -OCH3 is 1. The maximum absolute atomic E-state index is 11.5. The predicted molar refractivity (Wildman–Crippen MR) is 75.2 cm³/mol. The van der Waals surface area contributed by atoms with Gasteiger partial charge in [-0.3, -0.25) is 0 Å². The summed E-state index contributed by atoms with van der Waals surface area (Å²) in [5, 5.41) is 1.67. The topological polar surface area (TPSA) is 35.5 Å². The molecule has 1 aromatic rings. The highest BCUT2D eigenvalue weighted by molar-refractivity contribution is 8.01. The van der Waals surface area contributed by atoms with Crippen molar-refractivity contribution in [3.63, 3.8) is 0 Å². The molecule has 1 rings (SSSR count). The van der Waals surface area contributed by atoms with Gasteiger partial charge in [-0.05, 0) is 35.8 Å². The molecule has 96 valence electrons. The van der Waals surface area contributed by atoms with Gasteiger partial charge in [0.15, 0.2) is 11.5 Å². The SMILES string of the molecule is C=CCc1ccc(OC(=O)/C=C/SC)c(OC)c1. The Morgan fingerprint density at radius 2 is 2.22 bits per heavy atom. The molecule has 0 aliphatic rings. The molecule has 0 saturated carbocycles. The Morgan fingerprint density at radius 3 is 2.83 bits per heavy atom. The van der Waals surface area contributed by atoms with Crippen molar-refractivity contribution in [3.05, 3.63) is 47.9 Å². The summed E-state index contributed by atoms with van der Waals surface area (Å²) in [7, 11) is 1.54. The third-order valence-corrected chi connectivity index (χ3v) is 2.57. The Labute approximate surface area is 111 Å². The van der Waals surface area contributed by atoms with Gasteiger partial charge in [-0.25, -0.2) is 4.79 Å². The lowest BCUT2D eigenvalue weighted by atomic mass is 10.1. The van der Waals surface area contributed by atoms with Crippen LogP contribution in [0.15, 0.2) is 42.3 Å². The molecule has 0 amide bonds. The summed E-state index contributed by atoms with van der Waals surface area (Å²) < 4.78 is 10.4. The Kier molecular flexibility index (Phi) is 6.08. The molecule has 0 spiro atoms. The number of hydrogen-bond acceptors (Lipinski definition) is 4. The van der Waals surface area contributed by atoms with Gasteiger partial charge in [0, 0.05) is 6.08 Å². The highest BCUT2D eigenvalue weighted by atomic mass is 32.2. The number of ether oxygens (including phenoxy) is 2. The van der Waals surface area contributed by atoms with E-state index >= 15 is 0 Å². The van der Waals surface area contributed by atoms with Crippen LogP contribution in [0.5, 0.6) is 11.5 Å². The van der Waals surface area contributed by atoms with E-state index in [4.69, 9.17) is 9.47 Å². The van der Waals surface area contributed by atoms with Gasteiger partial charge < -0.3 is 9.47 Å². The van der Waals surface area contributed by atoms with Crippen molar-refractivity contribution in [2.24, 2.45) is 0 Å². The molecule has 0 heterocycles. The molecular formula is C14H16O3S. The second-order valence-electron chi connectivity index (χ2n) is 3.44. The standard InChI is InChI=1S/C14H16O3S/c1-4-5-11-6-7-12(13(10-11)16-2)17-14(15)8-9-18-3/h4,6-10H,1,5H2,2-3H3/b9-8+. The molecule has 0 aliphatic carbocycles. The number of carbonyl (C=O) groups excluding carboxylic acids is 1. The zero-order valence-electron chi connectivity index (χ0n) is 10.5. The first-order valence-electron chi connectivity index (χ1n) is 5.40. The molecule has 1 aromatic carbocycles. The molecular weight excluding hydrogens is 248 g/mol. The van der Waals surface area contributed by atoms with Crippen molar-refractivity contribution in [3.8, 4) is 11.5 Å². The van der Waals surface area contributed by atoms with Crippen LogP contribution in [0.2, 0.25) is 0 Å². The van der Waals surface area contributed by atoms with E-state index in [0.717, 1.165) is 12.0 Å². The van der Waals surface area contributed by atoms with E-state index in [-0.39, 0.29) is 0 Å². The van der Waals surface area contributed by atoms with E-state index in [1.54, 1.807) is 18.6 Å². The van der Waals surface area contributed by atoms with Gasteiger partial charge >= 0.3 is 5.97 Å². The second kappa shape index (κ2) is 7.61. The molecule has 0 saturated heterocycles. The van der Waals surface area contributed by atoms with Crippen LogP contribution >= 0.6 is 11.8 Å². The molecule has 0 unspecified atom stereocenters. The highest BCUT2D eigenvalue weighted by Crippen LogP contribution is 2.28. The van der Waals surface area contributed by atoms with Crippen molar-refractivity contribution in [1.29, 1.82) is 0 Å². The molecule has 4 heteroatoms. The fourth-order valence-corrected chi connectivity index (χ4v) is 1.60. The molecule has 0 atom stereocenters. The number of hydrogen-bond donors (Lipinski definition) is 0. The Bertz CT molecular complexity index is 452. The Morgan fingerprint density at radius 1 is 1.44 bits per heavy atom. The fourth-order valence-electron chi connectivity index (χ4n) is 1.36. The largest absolute Gasteiger partial charge is 0.493 e. The van der Waals surface area contributed by atoms with Crippen molar-refractivity contribution >= 4 is 17.7 Å². The number of carbonyl (C=O) groups is 1. The summed E-state index contributed by atoms with van der Waals surface area (Å²) in [4.78, 5) is 11.5. The highest BCUT2D eigenvalue weighted by Gasteiger charge is 2.08. The van der Waals surface area contributed by atoms with E-state index < -0.39 is 5.97 Å². The van der Waals surface area contributed by atoms with Gasteiger partial charge in [0.05, 0.1) is 7.11 Å². The van der Waals surface area contributed by atoms with Crippen molar-refractivity contribution in [1.82, 2.24) is 0 Å². The van der Waals surface area contributed by atoms with Gasteiger partial charge in [0.1, 0.15) is 0 Å². The minimum atomic E-state index is -0.417. The van der Waals surface area contributed by atoms with Crippen LogP contribution in [0.25, 0.3) is 0 Å². The van der Waals surface area contributed by atoms with E-state index in [1.807, 2.05) is 24.5 Å². The molecule has 0 fully saturated rings. The summed E-state index contributed by atoms with van der Waals surface area (Å²) in [6.45, 7) is 3.68. The smallest absolute Gasteiger partial charge is 0.336 e. The van der Waals surface area contributed by atoms with E-state index in [9.17, 15) is 4.79 Å². The maximum atomic E-state index is 11.5. The van der Waals surface area contributed by atoms with Crippen LogP contribution in [0.3, 0.4) is 0 Å². The van der Waals surface area contributed by atoms with E-state index in [1.165, 1.54) is 17.8 Å². The minimum absolute atomic E-state index is 0.417. The van der Waals surface area contributed by atoms with Crippen molar-refractivity contribution in [2.75, 3.05) is 13.4 Å². The zero-order chi connectivity index (χ0) is 13.4. The maximum Gasteiger partial charge on any atom is 0.336 e. The Balaban J connectivity index is 2.85. The number of esters is 1. The number of allylic oxidation sites excluding steroid dienone is 1. The van der Waals surface area contributed by atoms with Crippen molar-refractivity contribution < 1.29 is 14.3 Å². The average molecular weight is 264 g/mol. The number of rotatable bonds is 6. The lowest BCUT2D eigenvalue weighted by Gasteiger charge is -2.09. The van der Waals surface area contributed by atoms with Crippen LogP contribution in [-0.4, -0.2) is 19.3 Å². The van der Waals surface area contributed by atoms with Crippen molar-refractivity contribution in [2.45, 2.75) is 6.42 Å². The fraction of sp³-hybridized carbons (Fsp3) is 0.214. The molecule has 0 radical (unpaired) electrons. The first kappa shape index (κ1) is 14.4. The summed E-state index contributed by atoms with van der Waals surface area (Å²) in [6.07, 6.45) is 5.80. The molecule has 3 nitrogen and oxygen atoms in total. The lowest BCUT2D eigenvalue weighted by Crippen LogP contribution is -2.05.